The zero-order valence-electron chi connectivity index (χ0n) is 13.6. The number of nitrogens with zero attached hydrogens (tertiary/aromatic N) is 1. The number of carbonyl (C=O) groups excluding carboxylic acids is 1. The first-order valence-electron chi connectivity index (χ1n) is 8.04. The summed E-state index contributed by atoms with van der Waals surface area (Å²) in [7, 11) is 0. The van der Waals surface area contributed by atoms with Crippen LogP contribution in [0.3, 0.4) is 0 Å². The van der Waals surface area contributed by atoms with Crippen molar-refractivity contribution in [1.82, 2.24) is 9.97 Å². The van der Waals surface area contributed by atoms with Gasteiger partial charge in [0.25, 0.3) is 0 Å². The molecule has 0 aliphatic carbocycles. The van der Waals surface area contributed by atoms with Gasteiger partial charge >= 0.3 is 0 Å². The molecule has 4 rings (SSSR count). The Morgan fingerprint density at radius 1 is 1.08 bits per heavy atom. The van der Waals surface area contributed by atoms with Crippen LogP contribution in [0.5, 0.6) is 0 Å². The number of amides is 1. The molecule has 25 heavy (non-hydrogen) atoms. The molecule has 1 amide bonds. The van der Waals surface area contributed by atoms with E-state index in [1.165, 1.54) is 0 Å². The highest BCUT2D eigenvalue weighted by atomic mass is 35.5. The van der Waals surface area contributed by atoms with E-state index in [1.54, 1.807) is 12.3 Å². The van der Waals surface area contributed by atoms with Crippen LogP contribution in [0, 0.1) is 0 Å². The quantitative estimate of drug-likeness (QED) is 0.540. The molecular formula is C20H16ClN3O. The fourth-order valence-corrected chi connectivity index (χ4v) is 3.16. The van der Waals surface area contributed by atoms with Crippen molar-refractivity contribution in [2.75, 3.05) is 5.32 Å². The second kappa shape index (κ2) is 6.22. The van der Waals surface area contributed by atoms with Crippen molar-refractivity contribution in [3.05, 3.63) is 71.4 Å². The van der Waals surface area contributed by atoms with Crippen LogP contribution in [0.1, 0.15) is 18.4 Å². The van der Waals surface area contributed by atoms with E-state index in [2.05, 4.69) is 15.3 Å². The molecule has 2 heterocycles. The zero-order chi connectivity index (χ0) is 17.4. The number of nitrogens with one attached hydrogen (secondary N) is 2. The maximum atomic E-state index is 12.5. The highest BCUT2D eigenvalue weighted by molar-refractivity contribution is 6.31. The monoisotopic (exact) mass is 349 g/mol. The summed E-state index contributed by atoms with van der Waals surface area (Å²) in [6, 6.07) is 17.2. The third-order valence-corrected chi connectivity index (χ3v) is 4.63. The van der Waals surface area contributed by atoms with Crippen molar-refractivity contribution in [3.63, 3.8) is 0 Å². The van der Waals surface area contributed by atoms with E-state index < -0.39 is 0 Å². The first-order valence-corrected chi connectivity index (χ1v) is 8.42. The highest BCUT2D eigenvalue weighted by Gasteiger charge is 2.17. The van der Waals surface area contributed by atoms with Crippen LogP contribution in [0.25, 0.3) is 21.8 Å². The molecule has 0 saturated heterocycles. The minimum Gasteiger partial charge on any atom is -0.355 e. The van der Waals surface area contributed by atoms with Crippen LogP contribution >= 0.6 is 11.6 Å². The summed E-state index contributed by atoms with van der Waals surface area (Å²) >= 11 is 6.10. The predicted molar refractivity (Wildman–Crippen MR) is 102 cm³/mol. The SMILES string of the molecule is C[C@@H](C(=O)Nc1ccccn1)c1ccc2c(c1)[nH]c1ccc(Cl)cc12. The molecule has 0 aliphatic heterocycles. The smallest absolute Gasteiger partial charge is 0.232 e. The van der Waals surface area contributed by atoms with Crippen LogP contribution in [-0.2, 0) is 4.79 Å². The Kier molecular flexibility index (Phi) is 3.90. The maximum Gasteiger partial charge on any atom is 0.232 e. The van der Waals surface area contributed by atoms with Gasteiger partial charge in [0.15, 0.2) is 0 Å². The summed E-state index contributed by atoms with van der Waals surface area (Å²) in [5.41, 5.74) is 2.97. The van der Waals surface area contributed by atoms with Gasteiger partial charge < -0.3 is 10.3 Å². The van der Waals surface area contributed by atoms with Gasteiger partial charge in [-0.1, -0.05) is 29.8 Å². The van der Waals surface area contributed by atoms with Crippen LogP contribution in [0.4, 0.5) is 5.82 Å². The lowest BCUT2D eigenvalue weighted by atomic mass is 9.98. The minimum atomic E-state index is -0.290. The third-order valence-electron chi connectivity index (χ3n) is 4.39. The van der Waals surface area contributed by atoms with Crippen molar-refractivity contribution in [3.8, 4) is 0 Å². The number of anilines is 1. The van der Waals surface area contributed by atoms with Crippen molar-refractivity contribution >= 4 is 45.1 Å². The molecule has 5 heteroatoms. The van der Waals surface area contributed by atoms with E-state index in [4.69, 9.17) is 11.6 Å². The first-order chi connectivity index (χ1) is 12.1. The van der Waals surface area contributed by atoms with Gasteiger partial charge in [0.2, 0.25) is 5.91 Å². The average Bonchev–Trinajstić information content (AvgIpc) is 2.99. The van der Waals surface area contributed by atoms with E-state index in [9.17, 15) is 4.79 Å². The Morgan fingerprint density at radius 2 is 1.96 bits per heavy atom. The van der Waals surface area contributed by atoms with E-state index in [1.807, 2.05) is 55.5 Å². The first kappa shape index (κ1) is 15.7. The van der Waals surface area contributed by atoms with Crippen molar-refractivity contribution in [2.45, 2.75) is 12.8 Å². The van der Waals surface area contributed by atoms with E-state index in [-0.39, 0.29) is 11.8 Å². The number of hydrogen-bond donors (Lipinski definition) is 2. The molecule has 0 fully saturated rings. The minimum absolute atomic E-state index is 0.0859. The van der Waals surface area contributed by atoms with E-state index in [0.717, 1.165) is 27.4 Å². The maximum absolute atomic E-state index is 12.5. The molecular weight excluding hydrogens is 334 g/mol. The molecule has 0 radical (unpaired) electrons. The number of H-pyrrole nitrogens is 1. The fourth-order valence-electron chi connectivity index (χ4n) is 2.99. The molecule has 2 aromatic carbocycles. The summed E-state index contributed by atoms with van der Waals surface area (Å²) in [6.45, 7) is 1.89. The molecule has 1 atom stereocenters. The number of aromatic nitrogens is 2. The van der Waals surface area contributed by atoms with Crippen molar-refractivity contribution < 1.29 is 4.79 Å². The Morgan fingerprint density at radius 3 is 2.76 bits per heavy atom. The zero-order valence-corrected chi connectivity index (χ0v) is 14.3. The third kappa shape index (κ3) is 2.96. The molecule has 0 aliphatic rings. The van der Waals surface area contributed by atoms with E-state index in [0.29, 0.717) is 10.8 Å². The lowest BCUT2D eigenvalue weighted by molar-refractivity contribution is -0.117. The normalized spacial score (nSPS) is 12.4. The van der Waals surface area contributed by atoms with Gasteiger partial charge in [-0.25, -0.2) is 4.98 Å². The van der Waals surface area contributed by atoms with Crippen LogP contribution < -0.4 is 5.32 Å². The Balaban J connectivity index is 1.66. The number of fused-ring (bicyclic) bond motifs is 3. The fraction of sp³-hybridized carbons (Fsp3) is 0.100. The number of hydrogen-bond acceptors (Lipinski definition) is 2. The van der Waals surface area contributed by atoms with Crippen LogP contribution in [0.15, 0.2) is 60.8 Å². The molecule has 4 nitrogen and oxygen atoms in total. The number of pyridine rings is 1. The van der Waals surface area contributed by atoms with Crippen molar-refractivity contribution in [1.29, 1.82) is 0 Å². The summed E-state index contributed by atoms with van der Waals surface area (Å²) < 4.78 is 0. The van der Waals surface area contributed by atoms with Gasteiger partial charge in [0, 0.05) is 33.0 Å². The number of carbonyl (C=O) groups is 1. The predicted octanol–water partition coefficient (Wildman–Crippen LogP) is 5.11. The lowest BCUT2D eigenvalue weighted by Crippen LogP contribution is -2.19. The van der Waals surface area contributed by atoms with Gasteiger partial charge in [-0.3, -0.25) is 4.79 Å². The molecule has 0 unspecified atom stereocenters. The Bertz CT molecular complexity index is 1070. The molecule has 124 valence electrons. The summed E-state index contributed by atoms with van der Waals surface area (Å²) in [5, 5.41) is 5.73. The molecule has 0 bridgehead atoms. The molecule has 0 spiro atoms. The Hall–Kier alpha value is -2.85. The molecule has 2 aromatic heterocycles. The number of halogens is 1. The van der Waals surface area contributed by atoms with Gasteiger partial charge in [-0.2, -0.15) is 0 Å². The van der Waals surface area contributed by atoms with Crippen molar-refractivity contribution in [2.24, 2.45) is 0 Å². The highest BCUT2D eigenvalue weighted by Crippen LogP contribution is 2.30. The number of rotatable bonds is 3. The van der Waals surface area contributed by atoms with Gasteiger partial charge in [-0.15, -0.1) is 0 Å². The molecule has 0 saturated carbocycles. The second-order valence-corrected chi connectivity index (χ2v) is 6.48. The Labute approximate surface area is 149 Å². The van der Waals surface area contributed by atoms with Gasteiger partial charge in [0.1, 0.15) is 5.82 Å². The molecule has 4 aromatic rings. The topological polar surface area (TPSA) is 57.8 Å². The van der Waals surface area contributed by atoms with Gasteiger partial charge in [0.05, 0.1) is 5.92 Å². The van der Waals surface area contributed by atoms with Gasteiger partial charge in [-0.05, 0) is 48.9 Å². The van der Waals surface area contributed by atoms with Crippen LogP contribution in [0.2, 0.25) is 5.02 Å². The molecule has 2 N–H and O–H groups in total. The standard InChI is InChI=1S/C20H16ClN3O/c1-12(20(25)24-19-4-2-3-9-22-19)13-5-7-15-16-11-14(21)6-8-17(16)23-18(15)10-13/h2-12,23H,1H3,(H,22,24,25)/t12-/m1/s1. The summed E-state index contributed by atoms with van der Waals surface area (Å²) in [5.74, 6) is 0.180. The summed E-state index contributed by atoms with van der Waals surface area (Å²) in [6.07, 6.45) is 1.65. The van der Waals surface area contributed by atoms with E-state index >= 15 is 0 Å². The average molecular weight is 350 g/mol. The lowest BCUT2D eigenvalue weighted by Gasteiger charge is -2.12. The summed E-state index contributed by atoms with van der Waals surface area (Å²) in [4.78, 5) is 20.0. The largest absolute Gasteiger partial charge is 0.355 e. The van der Waals surface area contributed by atoms with Crippen LogP contribution in [-0.4, -0.2) is 15.9 Å². The second-order valence-electron chi connectivity index (χ2n) is 6.05. The number of benzene rings is 2. The number of aromatic amines is 1.